The molecule has 0 spiro atoms. The van der Waals surface area contributed by atoms with Gasteiger partial charge in [0.25, 0.3) is 0 Å². The van der Waals surface area contributed by atoms with Crippen molar-refractivity contribution < 1.29 is 4.79 Å². The highest BCUT2D eigenvalue weighted by Crippen LogP contribution is 2.23. The minimum absolute atomic E-state index is 0.0675. The Kier molecular flexibility index (Phi) is 6.39. The van der Waals surface area contributed by atoms with Gasteiger partial charge in [0.1, 0.15) is 11.4 Å². The van der Waals surface area contributed by atoms with Crippen LogP contribution >= 0.6 is 0 Å². The Hall–Kier alpha value is -5.17. The quantitative estimate of drug-likeness (QED) is 0.259. The summed E-state index contributed by atoms with van der Waals surface area (Å²) in [7, 11) is 0. The third-order valence-electron chi connectivity index (χ3n) is 6.29. The maximum atomic E-state index is 13.4. The number of aromatic nitrogens is 6. The van der Waals surface area contributed by atoms with E-state index in [0.717, 1.165) is 33.6 Å². The van der Waals surface area contributed by atoms with Crippen LogP contribution in [0, 0.1) is 0 Å². The Balaban J connectivity index is 1.20. The Morgan fingerprint density at radius 3 is 1.45 bits per heavy atom. The molecule has 6 rings (SSSR count). The molecule has 0 atom stereocenters. The van der Waals surface area contributed by atoms with Crippen LogP contribution in [0.2, 0.25) is 0 Å². The molecule has 2 aromatic heterocycles. The number of rotatable bonds is 8. The topological polar surface area (TPSA) is 78.5 Å². The van der Waals surface area contributed by atoms with Gasteiger partial charge >= 0.3 is 0 Å². The number of carbonyl (C=O) groups is 1. The second kappa shape index (κ2) is 10.4. The first-order valence-electron chi connectivity index (χ1n) is 12.3. The van der Waals surface area contributed by atoms with Crippen LogP contribution < -0.4 is 0 Å². The number of nitrogens with zero attached hydrogens (tertiary/aromatic N) is 6. The molecule has 0 saturated carbocycles. The third-order valence-corrected chi connectivity index (χ3v) is 6.29. The van der Waals surface area contributed by atoms with Crippen molar-refractivity contribution in [2.45, 2.75) is 13.1 Å². The second-order valence-corrected chi connectivity index (χ2v) is 9.06. The van der Waals surface area contributed by atoms with Crippen molar-refractivity contribution in [2.24, 2.45) is 0 Å². The minimum atomic E-state index is -0.0675. The average Bonchev–Trinajstić information content (AvgIpc) is 3.64. The van der Waals surface area contributed by atoms with Crippen LogP contribution in [0.25, 0.3) is 22.5 Å². The lowest BCUT2D eigenvalue weighted by Gasteiger charge is -2.05. The molecule has 7 nitrogen and oxygen atoms in total. The predicted molar refractivity (Wildman–Crippen MR) is 145 cm³/mol. The highest BCUT2D eigenvalue weighted by atomic mass is 16.1. The van der Waals surface area contributed by atoms with Gasteiger partial charge in [-0.3, -0.25) is 4.79 Å². The van der Waals surface area contributed by atoms with E-state index in [9.17, 15) is 4.79 Å². The van der Waals surface area contributed by atoms with Crippen LogP contribution in [0.3, 0.4) is 0 Å². The Morgan fingerprint density at radius 1 is 0.553 bits per heavy atom. The summed E-state index contributed by atoms with van der Waals surface area (Å²) in [5.74, 6) is -0.0675. The summed E-state index contributed by atoms with van der Waals surface area (Å²) in [4.78, 5) is 13.4. The molecular weight excluding hydrogens is 472 g/mol. The van der Waals surface area contributed by atoms with E-state index in [-0.39, 0.29) is 5.78 Å². The molecule has 6 aromatic rings. The molecule has 0 amide bonds. The van der Waals surface area contributed by atoms with Crippen LogP contribution in [0.15, 0.2) is 122 Å². The monoisotopic (exact) mass is 496 g/mol. The van der Waals surface area contributed by atoms with E-state index < -0.39 is 0 Å². The van der Waals surface area contributed by atoms with Crippen molar-refractivity contribution in [1.29, 1.82) is 0 Å². The van der Waals surface area contributed by atoms with Gasteiger partial charge < -0.3 is 0 Å². The lowest BCUT2D eigenvalue weighted by atomic mass is 9.98. The first-order valence-corrected chi connectivity index (χ1v) is 12.3. The van der Waals surface area contributed by atoms with Gasteiger partial charge in [0.05, 0.1) is 25.5 Å². The standard InChI is InChI=1S/C31H24N6O/c38-31(27-15-7-13-25(17-27)29-21-36(34-32-29)19-23-9-3-1-4-10-23)28-16-8-14-26(18-28)30-22-37(35-33-30)20-24-11-5-2-6-12-24/h1-18,21-22H,19-20H2. The predicted octanol–water partition coefficient (Wildman–Crippen LogP) is 5.53. The molecule has 0 unspecified atom stereocenters. The largest absolute Gasteiger partial charge is 0.289 e. The Morgan fingerprint density at radius 2 is 1.00 bits per heavy atom. The molecule has 38 heavy (non-hydrogen) atoms. The van der Waals surface area contributed by atoms with E-state index >= 15 is 0 Å². The number of hydrogen-bond acceptors (Lipinski definition) is 5. The van der Waals surface area contributed by atoms with Crippen molar-refractivity contribution in [3.8, 4) is 22.5 Å². The third kappa shape index (κ3) is 5.17. The number of ketones is 1. The minimum Gasteiger partial charge on any atom is -0.289 e. The molecule has 184 valence electrons. The zero-order valence-electron chi connectivity index (χ0n) is 20.6. The van der Waals surface area contributed by atoms with Crippen LogP contribution in [-0.4, -0.2) is 35.8 Å². The van der Waals surface area contributed by atoms with Gasteiger partial charge in [-0.15, -0.1) is 10.2 Å². The normalized spacial score (nSPS) is 10.9. The molecule has 0 N–H and O–H groups in total. The van der Waals surface area contributed by atoms with Gasteiger partial charge in [-0.1, -0.05) is 107 Å². The summed E-state index contributed by atoms with van der Waals surface area (Å²) in [6, 6.07) is 35.2. The summed E-state index contributed by atoms with van der Waals surface area (Å²) in [5.41, 5.74) is 6.60. The van der Waals surface area contributed by atoms with Crippen LogP contribution in [0.1, 0.15) is 27.0 Å². The molecular formula is C31H24N6O. The van der Waals surface area contributed by atoms with Gasteiger partial charge in [-0.05, 0) is 23.3 Å². The maximum absolute atomic E-state index is 13.4. The summed E-state index contributed by atoms with van der Waals surface area (Å²) >= 11 is 0. The van der Waals surface area contributed by atoms with Gasteiger partial charge in [0.2, 0.25) is 0 Å². The smallest absolute Gasteiger partial charge is 0.193 e. The van der Waals surface area contributed by atoms with Crippen LogP contribution in [0.5, 0.6) is 0 Å². The van der Waals surface area contributed by atoms with Crippen LogP contribution in [-0.2, 0) is 13.1 Å². The SMILES string of the molecule is O=C(c1cccc(-c2cn(Cc3ccccc3)nn2)c1)c1cccc(-c2cn(Cc3ccccc3)nn2)c1. The molecule has 0 saturated heterocycles. The maximum Gasteiger partial charge on any atom is 0.193 e. The Labute approximate surface area is 220 Å². The number of benzene rings is 4. The summed E-state index contributed by atoms with van der Waals surface area (Å²) < 4.78 is 3.60. The van der Waals surface area contributed by atoms with Crippen molar-refractivity contribution in [1.82, 2.24) is 30.0 Å². The fourth-order valence-electron chi connectivity index (χ4n) is 4.36. The van der Waals surface area contributed by atoms with Gasteiger partial charge in [-0.2, -0.15) is 0 Å². The van der Waals surface area contributed by atoms with E-state index in [1.807, 2.05) is 97.3 Å². The van der Waals surface area contributed by atoms with Gasteiger partial charge in [0, 0.05) is 22.3 Å². The lowest BCUT2D eigenvalue weighted by Crippen LogP contribution is -2.01. The molecule has 0 fully saturated rings. The second-order valence-electron chi connectivity index (χ2n) is 9.06. The molecule has 2 heterocycles. The first kappa shape index (κ1) is 23.2. The molecule has 0 aliphatic heterocycles. The van der Waals surface area contributed by atoms with Crippen molar-refractivity contribution >= 4 is 5.78 Å². The molecule has 0 bridgehead atoms. The molecule has 0 aliphatic carbocycles. The summed E-state index contributed by atoms with van der Waals surface area (Å²) in [6.45, 7) is 1.27. The van der Waals surface area contributed by atoms with Gasteiger partial charge in [-0.25, -0.2) is 9.36 Å². The van der Waals surface area contributed by atoms with Gasteiger partial charge in [0.15, 0.2) is 5.78 Å². The number of carbonyl (C=O) groups excluding carboxylic acids is 1. The summed E-state index contributed by atoms with van der Waals surface area (Å²) in [5, 5.41) is 17.2. The van der Waals surface area contributed by atoms with E-state index in [4.69, 9.17) is 0 Å². The highest BCUT2D eigenvalue weighted by Gasteiger charge is 2.14. The van der Waals surface area contributed by atoms with E-state index in [0.29, 0.717) is 24.2 Å². The van der Waals surface area contributed by atoms with Crippen molar-refractivity contribution in [3.05, 3.63) is 144 Å². The van der Waals surface area contributed by atoms with E-state index in [2.05, 4.69) is 44.9 Å². The lowest BCUT2D eigenvalue weighted by molar-refractivity contribution is 0.103. The molecule has 0 aliphatic rings. The zero-order valence-corrected chi connectivity index (χ0v) is 20.6. The fourth-order valence-corrected chi connectivity index (χ4v) is 4.36. The average molecular weight is 497 g/mol. The number of hydrogen-bond donors (Lipinski definition) is 0. The van der Waals surface area contributed by atoms with E-state index in [1.165, 1.54) is 0 Å². The molecule has 4 aromatic carbocycles. The summed E-state index contributed by atoms with van der Waals surface area (Å²) in [6.07, 6.45) is 3.80. The Bertz CT molecular complexity index is 1560. The molecule has 7 heteroatoms. The van der Waals surface area contributed by atoms with Crippen molar-refractivity contribution in [3.63, 3.8) is 0 Å². The molecule has 0 radical (unpaired) electrons. The zero-order chi connectivity index (χ0) is 25.7. The van der Waals surface area contributed by atoms with Crippen LogP contribution in [0.4, 0.5) is 0 Å². The fraction of sp³-hybridized carbons (Fsp3) is 0.0645. The van der Waals surface area contributed by atoms with Crippen molar-refractivity contribution in [2.75, 3.05) is 0 Å². The first-order chi connectivity index (χ1) is 18.7. The van der Waals surface area contributed by atoms with E-state index in [1.54, 1.807) is 9.36 Å². The highest BCUT2D eigenvalue weighted by molar-refractivity contribution is 6.10.